The van der Waals surface area contributed by atoms with Gasteiger partial charge in [0.25, 0.3) is 0 Å². The van der Waals surface area contributed by atoms with E-state index in [0.29, 0.717) is 5.92 Å². The molecular formula is C6H8ClN. The number of hydrogen-bond donors (Lipinski definition) is 0. The third-order valence-corrected chi connectivity index (χ3v) is 1.28. The Hall–Kier alpha value is -0.300. The minimum absolute atomic E-state index is 0.521. The molecule has 0 unspecified atom stereocenters. The summed E-state index contributed by atoms with van der Waals surface area (Å²) >= 11 is 5.62. The molecule has 0 fully saturated rings. The van der Waals surface area contributed by atoms with Gasteiger partial charge in [-0.2, -0.15) is 0 Å². The second-order valence-corrected chi connectivity index (χ2v) is 2.46. The summed E-state index contributed by atoms with van der Waals surface area (Å²) in [6, 6.07) is 0. The van der Waals surface area contributed by atoms with Gasteiger partial charge < -0.3 is 0 Å². The molecule has 0 spiro atoms. The Bertz CT molecular complexity index is 137. The molecule has 8 heavy (non-hydrogen) atoms. The number of nitrogens with zero attached hydrogens (tertiary/aromatic N) is 1. The van der Waals surface area contributed by atoms with Gasteiger partial charge in [0.05, 0.1) is 5.03 Å². The van der Waals surface area contributed by atoms with Crippen molar-refractivity contribution in [1.82, 2.24) is 0 Å². The van der Waals surface area contributed by atoms with Gasteiger partial charge in [0.2, 0.25) is 0 Å². The lowest BCUT2D eigenvalue weighted by atomic mass is 10.1. The van der Waals surface area contributed by atoms with Crippen molar-refractivity contribution in [2.75, 3.05) is 6.54 Å². The van der Waals surface area contributed by atoms with Crippen molar-refractivity contribution in [3.63, 3.8) is 0 Å². The van der Waals surface area contributed by atoms with E-state index < -0.39 is 0 Å². The molecule has 0 radical (unpaired) electrons. The molecule has 0 aliphatic carbocycles. The topological polar surface area (TPSA) is 12.4 Å². The number of dihydropyridines is 1. The second-order valence-electron chi connectivity index (χ2n) is 2.02. The minimum Gasteiger partial charge on any atom is -0.291 e. The average Bonchev–Trinajstić information content (AvgIpc) is 1.64. The van der Waals surface area contributed by atoms with E-state index in [2.05, 4.69) is 11.9 Å². The molecule has 1 aliphatic heterocycles. The first-order chi connectivity index (χ1) is 3.79. The van der Waals surface area contributed by atoms with E-state index in [-0.39, 0.29) is 0 Å². The highest BCUT2D eigenvalue weighted by atomic mass is 35.5. The Balaban J connectivity index is 2.63. The Morgan fingerprint density at radius 1 is 1.88 bits per heavy atom. The summed E-state index contributed by atoms with van der Waals surface area (Å²) in [6.45, 7) is 2.98. The first-order valence-corrected chi connectivity index (χ1v) is 3.04. The molecule has 1 atom stereocenters. The van der Waals surface area contributed by atoms with Crippen LogP contribution >= 0.6 is 11.6 Å². The van der Waals surface area contributed by atoms with Crippen molar-refractivity contribution in [3.05, 3.63) is 11.1 Å². The molecule has 0 N–H and O–H groups in total. The van der Waals surface area contributed by atoms with Gasteiger partial charge in [-0.05, 0) is 5.92 Å². The molecule has 44 valence electrons. The van der Waals surface area contributed by atoms with Gasteiger partial charge in [-0.15, -0.1) is 0 Å². The molecule has 1 heterocycles. The molecule has 0 aromatic heterocycles. The fraction of sp³-hybridized carbons (Fsp3) is 0.500. The maximum Gasteiger partial charge on any atom is 0.0547 e. The van der Waals surface area contributed by atoms with E-state index in [1.54, 1.807) is 6.21 Å². The molecule has 0 aromatic carbocycles. The highest BCUT2D eigenvalue weighted by Crippen LogP contribution is 2.09. The van der Waals surface area contributed by atoms with Crippen LogP contribution in [0.15, 0.2) is 16.1 Å². The summed E-state index contributed by atoms with van der Waals surface area (Å²) in [7, 11) is 0. The quantitative estimate of drug-likeness (QED) is 0.473. The third-order valence-electron chi connectivity index (χ3n) is 1.05. The molecule has 0 bridgehead atoms. The Labute approximate surface area is 54.1 Å². The van der Waals surface area contributed by atoms with Gasteiger partial charge in [-0.3, -0.25) is 4.99 Å². The number of allylic oxidation sites excluding steroid dienone is 1. The van der Waals surface area contributed by atoms with Crippen molar-refractivity contribution in [1.29, 1.82) is 0 Å². The molecule has 0 saturated carbocycles. The largest absolute Gasteiger partial charge is 0.291 e. The summed E-state index contributed by atoms with van der Waals surface area (Å²) in [4.78, 5) is 4.01. The first-order valence-electron chi connectivity index (χ1n) is 2.66. The van der Waals surface area contributed by atoms with Crippen molar-refractivity contribution >= 4 is 17.8 Å². The standard InChI is InChI=1S/C6H8ClN/c1-5-2-6(7)4-8-3-5/h2,4-5H,3H2,1H3/t5-/m1/s1. The summed E-state index contributed by atoms with van der Waals surface area (Å²) in [5.41, 5.74) is 0. The van der Waals surface area contributed by atoms with E-state index in [9.17, 15) is 0 Å². The van der Waals surface area contributed by atoms with Gasteiger partial charge >= 0.3 is 0 Å². The van der Waals surface area contributed by atoms with Crippen LogP contribution in [-0.4, -0.2) is 12.8 Å². The summed E-state index contributed by atoms with van der Waals surface area (Å²) in [6.07, 6.45) is 3.70. The van der Waals surface area contributed by atoms with Gasteiger partial charge in [0.15, 0.2) is 0 Å². The zero-order chi connectivity index (χ0) is 5.98. The maximum absolute atomic E-state index is 5.62. The zero-order valence-corrected chi connectivity index (χ0v) is 5.52. The van der Waals surface area contributed by atoms with Crippen LogP contribution in [0.2, 0.25) is 0 Å². The molecular weight excluding hydrogens is 122 g/mol. The van der Waals surface area contributed by atoms with Gasteiger partial charge in [-0.1, -0.05) is 24.6 Å². The maximum atomic E-state index is 5.62. The van der Waals surface area contributed by atoms with Crippen LogP contribution < -0.4 is 0 Å². The van der Waals surface area contributed by atoms with Crippen molar-refractivity contribution in [2.45, 2.75) is 6.92 Å². The second kappa shape index (κ2) is 2.31. The highest BCUT2D eigenvalue weighted by molar-refractivity contribution is 6.39. The van der Waals surface area contributed by atoms with Crippen molar-refractivity contribution in [3.8, 4) is 0 Å². The lowest BCUT2D eigenvalue weighted by molar-refractivity contribution is 0.735. The zero-order valence-electron chi connectivity index (χ0n) is 4.76. The van der Waals surface area contributed by atoms with Crippen LogP contribution in [0.3, 0.4) is 0 Å². The van der Waals surface area contributed by atoms with Crippen LogP contribution in [0.25, 0.3) is 0 Å². The predicted molar refractivity (Wildman–Crippen MR) is 36.5 cm³/mol. The van der Waals surface area contributed by atoms with Crippen LogP contribution in [-0.2, 0) is 0 Å². The molecule has 1 aliphatic rings. The van der Waals surface area contributed by atoms with Crippen LogP contribution in [0.5, 0.6) is 0 Å². The van der Waals surface area contributed by atoms with E-state index in [1.807, 2.05) is 6.08 Å². The monoisotopic (exact) mass is 129 g/mol. The predicted octanol–water partition coefficient (Wildman–Crippen LogP) is 1.83. The van der Waals surface area contributed by atoms with Crippen LogP contribution in [0.1, 0.15) is 6.92 Å². The smallest absolute Gasteiger partial charge is 0.0547 e. The Morgan fingerprint density at radius 3 is 3.00 bits per heavy atom. The summed E-state index contributed by atoms with van der Waals surface area (Å²) in [5.74, 6) is 0.521. The van der Waals surface area contributed by atoms with Crippen molar-refractivity contribution in [2.24, 2.45) is 10.9 Å². The molecule has 2 heteroatoms. The summed E-state index contributed by atoms with van der Waals surface area (Å²) in [5, 5.41) is 0.767. The summed E-state index contributed by atoms with van der Waals surface area (Å²) < 4.78 is 0. The highest BCUT2D eigenvalue weighted by Gasteiger charge is 2.00. The van der Waals surface area contributed by atoms with E-state index in [0.717, 1.165) is 11.6 Å². The molecule has 0 amide bonds. The van der Waals surface area contributed by atoms with Gasteiger partial charge in [0.1, 0.15) is 0 Å². The van der Waals surface area contributed by atoms with E-state index in [4.69, 9.17) is 11.6 Å². The Kier molecular flexibility index (Phi) is 1.69. The van der Waals surface area contributed by atoms with Gasteiger partial charge in [-0.25, -0.2) is 0 Å². The van der Waals surface area contributed by atoms with E-state index >= 15 is 0 Å². The van der Waals surface area contributed by atoms with Gasteiger partial charge in [0, 0.05) is 12.8 Å². The molecule has 0 aromatic rings. The lowest BCUT2D eigenvalue weighted by Crippen LogP contribution is -2.00. The normalized spacial score (nSPS) is 27.8. The first kappa shape index (κ1) is 5.83. The molecule has 1 nitrogen and oxygen atoms in total. The number of hydrogen-bond acceptors (Lipinski definition) is 1. The SMILES string of the molecule is C[C@@H]1C=C(Cl)C=NC1. The number of rotatable bonds is 0. The average molecular weight is 130 g/mol. The lowest BCUT2D eigenvalue weighted by Gasteiger charge is -2.05. The fourth-order valence-corrected chi connectivity index (χ4v) is 0.958. The number of aliphatic imine (C=N–C) groups is 1. The molecule has 1 rings (SSSR count). The minimum atomic E-state index is 0.521. The number of halogens is 1. The third kappa shape index (κ3) is 1.34. The Morgan fingerprint density at radius 2 is 2.62 bits per heavy atom. The van der Waals surface area contributed by atoms with E-state index in [1.165, 1.54) is 0 Å². The van der Waals surface area contributed by atoms with Crippen LogP contribution in [0, 0.1) is 5.92 Å². The van der Waals surface area contributed by atoms with Crippen molar-refractivity contribution < 1.29 is 0 Å². The fourth-order valence-electron chi connectivity index (χ4n) is 0.674. The molecule has 0 saturated heterocycles. The van der Waals surface area contributed by atoms with Crippen LogP contribution in [0.4, 0.5) is 0 Å².